The number of thiazole rings is 1. The maximum Gasteiger partial charge on any atom is 0.339 e. The third kappa shape index (κ3) is 4.15. The second-order valence-corrected chi connectivity index (χ2v) is 8.49. The van der Waals surface area contributed by atoms with E-state index in [1.54, 1.807) is 0 Å². The quantitative estimate of drug-likeness (QED) is 0.460. The lowest BCUT2D eigenvalue weighted by molar-refractivity contribution is 0.0468. The van der Waals surface area contributed by atoms with Gasteiger partial charge in [-0.25, -0.2) is 9.78 Å². The molecule has 6 nitrogen and oxygen atoms in total. The number of esters is 1. The van der Waals surface area contributed by atoms with Crippen LogP contribution in [0.1, 0.15) is 27.3 Å². The number of nitrogens with zero attached hydrogens (tertiary/aromatic N) is 3. The summed E-state index contributed by atoms with van der Waals surface area (Å²) in [6, 6.07) is 17.6. The summed E-state index contributed by atoms with van der Waals surface area (Å²) in [5.74, 6) is -0.323. The number of rotatable bonds is 5. The van der Waals surface area contributed by atoms with Crippen LogP contribution in [0.15, 0.2) is 60.0 Å². The smallest absolute Gasteiger partial charge is 0.339 e. The van der Waals surface area contributed by atoms with E-state index in [-0.39, 0.29) is 12.6 Å². The number of carbonyl (C=O) groups is 1. The fourth-order valence-electron chi connectivity index (χ4n) is 3.85. The number of aromatic nitrogens is 2. The second-order valence-electron chi connectivity index (χ2n) is 7.63. The molecule has 1 N–H and O–H groups in total. The minimum absolute atomic E-state index is 0.132. The van der Waals surface area contributed by atoms with Gasteiger partial charge in [-0.2, -0.15) is 0 Å². The maximum atomic E-state index is 13.2. The molecule has 31 heavy (non-hydrogen) atoms. The van der Waals surface area contributed by atoms with E-state index in [1.807, 2.05) is 60.0 Å². The summed E-state index contributed by atoms with van der Waals surface area (Å²) in [4.78, 5) is 24.7. The molecule has 0 amide bonds. The molecule has 0 bridgehead atoms. The van der Waals surface area contributed by atoms with Gasteiger partial charge in [-0.3, -0.25) is 4.98 Å². The molecule has 3 heterocycles. The van der Waals surface area contributed by atoms with Gasteiger partial charge in [0.15, 0.2) is 5.13 Å². The van der Waals surface area contributed by atoms with Gasteiger partial charge < -0.3 is 15.0 Å². The summed E-state index contributed by atoms with van der Waals surface area (Å²) in [6.45, 7) is 1.76. The van der Waals surface area contributed by atoms with Crippen LogP contribution in [0.5, 0.6) is 0 Å². The normalized spacial score (nSPS) is 13.7. The van der Waals surface area contributed by atoms with Crippen LogP contribution in [0, 0.1) is 0 Å². The van der Waals surface area contributed by atoms with Gasteiger partial charge >= 0.3 is 5.97 Å². The number of hydrogen-bond donors (Lipinski definition) is 1. The lowest BCUT2D eigenvalue weighted by atomic mass is 9.96. The zero-order valence-electron chi connectivity index (χ0n) is 17.2. The Labute approximate surface area is 184 Å². The van der Waals surface area contributed by atoms with E-state index in [0.717, 1.165) is 51.6 Å². The topological polar surface area (TPSA) is 67.4 Å². The number of nitrogens with one attached hydrogen (secondary N) is 1. The number of anilines is 2. The van der Waals surface area contributed by atoms with Crippen molar-refractivity contribution in [2.45, 2.75) is 19.6 Å². The highest BCUT2D eigenvalue weighted by molar-refractivity contribution is 7.13. The number of ether oxygens (including phenoxy) is 1. The summed E-state index contributed by atoms with van der Waals surface area (Å²) in [5, 5.41) is 6.78. The third-order valence-corrected chi connectivity index (χ3v) is 6.18. The standard InChI is InChI=1S/C24H22N4O2S/c1-28-12-11-21-19(13-28)22(18-9-5-6-10-20(18)27-21)23(29)30-14-17-15-31-24(26-17)25-16-7-3-2-4-8-16/h2-10,15H,11-14H2,1H3,(H,25,26). The Hall–Kier alpha value is -3.29. The number of fused-ring (bicyclic) bond motifs is 2. The molecule has 156 valence electrons. The molecule has 2 aromatic carbocycles. The summed E-state index contributed by atoms with van der Waals surface area (Å²) < 4.78 is 5.72. The Kier molecular flexibility index (Phi) is 5.36. The highest BCUT2D eigenvalue weighted by atomic mass is 32.1. The van der Waals surface area contributed by atoms with Crippen molar-refractivity contribution in [2.24, 2.45) is 0 Å². The molecular weight excluding hydrogens is 408 g/mol. The summed E-state index contributed by atoms with van der Waals surface area (Å²) in [6.07, 6.45) is 0.831. The van der Waals surface area contributed by atoms with Crippen LogP contribution in [-0.2, 0) is 24.3 Å². The number of pyridine rings is 1. The van der Waals surface area contributed by atoms with Crippen molar-refractivity contribution in [2.75, 3.05) is 18.9 Å². The second kappa shape index (κ2) is 8.45. The van der Waals surface area contributed by atoms with Gasteiger partial charge in [0.25, 0.3) is 0 Å². The van der Waals surface area contributed by atoms with Gasteiger partial charge in [-0.1, -0.05) is 36.4 Å². The van der Waals surface area contributed by atoms with Crippen molar-refractivity contribution in [1.82, 2.24) is 14.9 Å². The SMILES string of the molecule is CN1CCc2nc3ccccc3c(C(=O)OCc3csc(Nc4ccccc4)n3)c2C1. The fraction of sp³-hybridized carbons (Fsp3) is 0.208. The highest BCUT2D eigenvalue weighted by Crippen LogP contribution is 2.29. The number of likely N-dealkylation sites (N-methyl/N-ethyl adjacent to an activating group) is 1. The minimum Gasteiger partial charge on any atom is -0.456 e. The molecule has 0 saturated heterocycles. The predicted molar refractivity (Wildman–Crippen MR) is 123 cm³/mol. The van der Waals surface area contributed by atoms with Crippen LogP contribution >= 0.6 is 11.3 Å². The first-order valence-electron chi connectivity index (χ1n) is 10.2. The first kappa shape index (κ1) is 19.7. The molecule has 0 radical (unpaired) electrons. The molecule has 5 rings (SSSR count). The van der Waals surface area contributed by atoms with Crippen molar-refractivity contribution in [3.63, 3.8) is 0 Å². The molecule has 2 aromatic heterocycles. The third-order valence-electron chi connectivity index (χ3n) is 5.37. The van der Waals surface area contributed by atoms with Crippen LogP contribution in [0.3, 0.4) is 0 Å². The number of hydrogen-bond acceptors (Lipinski definition) is 7. The highest BCUT2D eigenvalue weighted by Gasteiger charge is 2.25. The molecule has 0 aliphatic carbocycles. The Bertz CT molecular complexity index is 1240. The van der Waals surface area contributed by atoms with E-state index in [9.17, 15) is 4.79 Å². The van der Waals surface area contributed by atoms with Gasteiger partial charge in [0.05, 0.1) is 16.8 Å². The molecular formula is C24H22N4O2S. The van der Waals surface area contributed by atoms with Crippen LogP contribution < -0.4 is 5.32 Å². The molecule has 0 fully saturated rings. The Morgan fingerprint density at radius 1 is 1.13 bits per heavy atom. The maximum absolute atomic E-state index is 13.2. The molecule has 0 atom stereocenters. The molecule has 1 aliphatic rings. The van der Waals surface area contributed by atoms with Crippen LogP contribution in [0.25, 0.3) is 10.9 Å². The Morgan fingerprint density at radius 2 is 1.94 bits per heavy atom. The van der Waals surface area contributed by atoms with Crippen molar-refractivity contribution in [1.29, 1.82) is 0 Å². The number of benzene rings is 2. The fourth-order valence-corrected chi connectivity index (χ4v) is 4.56. The summed E-state index contributed by atoms with van der Waals surface area (Å²) in [5.41, 5.74) is 5.13. The molecule has 1 aliphatic heterocycles. The first-order valence-corrected chi connectivity index (χ1v) is 11.1. The van der Waals surface area contributed by atoms with Gasteiger partial charge in [-0.15, -0.1) is 11.3 Å². The molecule has 7 heteroatoms. The lowest BCUT2D eigenvalue weighted by Gasteiger charge is -2.26. The van der Waals surface area contributed by atoms with E-state index < -0.39 is 0 Å². The van der Waals surface area contributed by atoms with E-state index in [4.69, 9.17) is 9.72 Å². The van der Waals surface area contributed by atoms with Crippen LogP contribution in [0.4, 0.5) is 10.8 Å². The van der Waals surface area contributed by atoms with E-state index >= 15 is 0 Å². The van der Waals surface area contributed by atoms with E-state index in [1.165, 1.54) is 11.3 Å². The van der Waals surface area contributed by atoms with Gasteiger partial charge in [0.2, 0.25) is 0 Å². The van der Waals surface area contributed by atoms with Crippen molar-refractivity contribution in [3.05, 3.63) is 82.5 Å². The zero-order chi connectivity index (χ0) is 21.2. The lowest BCUT2D eigenvalue weighted by Crippen LogP contribution is -2.29. The minimum atomic E-state index is -0.323. The molecule has 0 unspecified atom stereocenters. The average molecular weight is 431 g/mol. The van der Waals surface area contributed by atoms with Crippen molar-refractivity contribution < 1.29 is 9.53 Å². The monoisotopic (exact) mass is 430 g/mol. The van der Waals surface area contributed by atoms with Crippen LogP contribution in [0.2, 0.25) is 0 Å². The molecule has 4 aromatic rings. The Morgan fingerprint density at radius 3 is 2.81 bits per heavy atom. The van der Waals surface area contributed by atoms with Crippen molar-refractivity contribution >= 4 is 39.0 Å². The van der Waals surface area contributed by atoms with Crippen molar-refractivity contribution in [3.8, 4) is 0 Å². The Balaban J connectivity index is 1.37. The summed E-state index contributed by atoms with van der Waals surface area (Å²) in [7, 11) is 2.06. The molecule has 0 spiro atoms. The van der Waals surface area contributed by atoms with E-state index in [0.29, 0.717) is 12.1 Å². The largest absolute Gasteiger partial charge is 0.456 e. The van der Waals surface area contributed by atoms with E-state index in [2.05, 4.69) is 22.2 Å². The van der Waals surface area contributed by atoms with Gasteiger partial charge in [-0.05, 0) is 25.2 Å². The number of para-hydroxylation sites is 2. The first-order chi connectivity index (χ1) is 15.2. The van der Waals surface area contributed by atoms with Gasteiger partial charge in [0, 0.05) is 47.2 Å². The molecule has 0 saturated carbocycles. The number of carbonyl (C=O) groups excluding carboxylic acids is 1. The summed E-state index contributed by atoms with van der Waals surface area (Å²) >= 11 is 1.49. The average Bonchev–Trinajstić information content (AvgIpc) is 3.24. The van der Waals surface area contributed by atoms with Gasteiger partial charge in [0.1, 0.15) is 6.61 Å². The predicted octanol–water partition coefficient (Wildman–Crippen LogP) is 4.78. The zero-order valence-corrected chi connectivity index (χ0v) is 18.0. The van der Waals surface area contributed by atoms with Crippen LogP contribution in [-0.4, -0.2) is 34.4 Å².